The summed E-state index contributed by atoms with van der Waals surface area (Å²) in [6, 6.07) is 4.00. The third-order valence-corrected chi connectivity index (χ3v) is 3.98. The van der Waals surface area contributed by atoms with E-state index in [1.165, 1.54) is 6.33 Å². The van der Waals surface area contributed by atoms with Crippen LogP contribution in [0, 0.1) is 17.2 Å². The molecule has 3 rings (SSSR count). The lowest BCUT2D eigenvalue weighted by Gasteiger charge is -2.40. The smallest absolute Gasteiger partial charge is 0.164 e. The number of aromatic nitrogens is 2. The molecule has 6 nitrogen and oxygen atoms in total. The van der Waals surface area contributed by atoms with Gasteiger partial charge in [0.05, 0.1) is 17.9 Å². The minimum atomic E-state index is -1.21. The number of rotatable bonds is 3. The first kappa shape index (κ1) is 14.9. The fraction of sp³-hybridized carbons (Fsp3) is 0.438. The van der Waals surface area contributed by atoms with E-state index in [-0.39, 0.29) is 6.10 Å². The Bertz CT molecular complexity index is 617. The lowest BCUT2D eigenvalue weighted by molar-refractivity contribution is -0.105. The van der Waals surface area contributed by atoms with Crippen molar-refractivity contribution in [2.75, 3.05) is 13.2 Å². The van der Waals surface area contributed by atoms with Crippen molar-refractivity contribution in [1.82, 2.24) is 9.97 Å². The molecular formula is C16H18N4O2. The number of nitriles is 1. The number of nitrogens with two attached hydrogens (primary N) is 1. The Morgan fingerprint density at radius 3 is 2.91 bits per heavy atom. The first-order valence-corrected chi connectivity index (χ1v) is 7.33. The number of hydrogen-bond donors (Lipinski definition) is 1. The fourth-order valence-electron chi connectivity index (χ4n) is 2.78. The molecule has 0 spiro atoms. The van der Waals surface area contributed by atoms with Crippen LogP contribution in [-0.4, -0.2) is 35.0 Å². The Labute approximate surface area is 129 Å². The molecular weight excluding hydrogens is 280 g/mol. The van der Waals surface area contributed by atoms with Gasteiger partial charge in [0.25, 0.3) is 0 Å². The molecule has 1 saturated heterocycles. The number of nitrogens with zero attached hydrogens (tertiary/aromatic N) is 3. The van der Waals surface area contributed by atoms with E-state index in [0.29, 0.717) is 24.5 Å². The third kappa shape index (κ3) is 2.79. The topological polar surface area (TPSA) is 94.1 Å². The van der Waals surface area contributed by atoms with Crippen molar-refractivity contribution >= 4 is 5.57 Å². The van der Waals surface area contributed by atoms with Crippen molar-refractivity contribution in [3.8, 4) is 6.07 Å². The summed E-state index contributed by atoms with van der Waals surface area (Å²) in [5.41, 5.74) is 6.73. The van der Waals surface area contributed by atoms with E-state index in [0.717, 1.165) is 12.8 Å². The Morgan fingerprint density at radius 2 is 2.23 bits per heavy atom. The second kappa shape index (κ2) is 6.36. The Kier molecular flexibility index (Phi) is 4.29. The molecule has 1 aliphatic heterocycles. The zero-order valence-electron chi connectivity index (χ0n) is 12.2. The van der Waals surface area contributed by atoms with Crippen LogP contribution in [0.25, 0.3) is 5.57 Å². The standard InChI is InChI=1S/C16H18N4O2/c17-10-12-2-1-3-14(15-4-7-19-11-20-15)16(12,18)22-13-5-8-21-9-6-13/h1-4,7,11-13H,5-6,8-9,18H2. The molecule has 1 aromatic rings. The first-order chi connectivity index (χ1) is 10.7. The highest BCUT2D eigenvalue weighted by Crippen LogP contribution is 2.37. The average molecular weight is 298 g/mol. The highest BCUT2D eigenvalue weighted by molar-refractivity contribution is 5.73. The van der Waals surface area contributed by atoms with Crippen molar-refractivity contribution in [2.45, 2.75) is 24.7 Å². The second-order valence-corrected chi connectivity index (χ2v) is 5.39. The lowest BCUT2D eigenvalue weighted by atomic mass is 9.83. The zero-order valence-corrected chi connectivity index (χ0v) is 12.2. The molecule has 0 amide bonds. The van der Waals surface area contributed by atoms with Gasteiger partial charge in [0.15, 0.2) is 5.72 Å². The van der Waals surface area contributed by atoms with Crippen molar-refractivity contribution in [3.63, 3.8) is 0 Å². The number of hydrogen-bond acceptors (Lipinski definition) is 6. The van der Waals surface area contributed by atoms with Gasteiger partial charge in [0.1, 0.15) is 12.2 Å². The van der Waals surface area contributed by atoms with Crippen LogP contribution in [0.15, 0.2) is 36.8 Å². The van der Waals surface area contributed by atoms with Crippen LogP contribution in [0.1, 0.15) is 18.5 Å². The molecule has 2 heterocycles. The molecule has 114 valence electrons. The van der Waals surface area contributed by atoms with E-state index in [1.807, 2.05) is 12.2 Å². The molecule has 1 aromatic heterocycles. The summed E-state index contributed by atoms with van der Waals surface area (Å²) in [4.78, 5) is 8.18. The molecule has 0 saturated carbocycles. The third-order valence-electron chi connectivity index (χ3n) is 3.98. The van der Waals surface area contributed by atoms with Gasteiger partial charge in [0, 0.05) is 25.0 Å². The molecule has 0 bridgehead atoms. The van der Waals surface area contributed by atoms with Crippen molar-refractivity contribution in [2.24, 2.45) is 11.7 Å². The van der Waals surface area contributed by atoms with E-state index >= 15 is 0 Å². The fourth-order valence-corrected chi connectivity index (χ4v) is 2.78. The highest BCUT2D eigenvalue weighted by atomic mass is 16.5. The maximum atomic E-state index is 9.47. The molecule has 2 unspecified atom stereocenters. The predicted molar refractivity (Wildman–Crippen MR) is 80.1 cm³/mol. The monoisotopic (exact) mass is 298 g/mol. The van der Waals surface area contributed by atoms with Crippen LogP contribution in [0.5, 0.6) is 0 Å². The minimum Gasteiger partial charge on any atom is -0.381 e. The summed E-state index contributed by atoms with van der Waals surface area (Å²) in [5.74, 6) is -0.565. The van der Waals surface area contributed by atoms with Gasteiger partial charge in [-0.3, -0.25) is 5.73 Å². The molecule has 0 radical (unpaired) electrons. The summed E-state index contributed by atoms with van der Waals surface area (Å²) in [7, 11) is 0. The van der Waals surface area contributed by atoms with Crippen LogP contribution in [0.3, 0.4) is 0 Å². The largest absolute Gasteiger partial charge is 0.381 e. The van der Waals surface area contributed by atoms with E-state index in [4.69, 9.17) is 15.2 Å². The van der Waals surface area contributed by atoms with Crippen LogP contribution >= 0.6 is 0 Å². The summed E-state index contributed by atoms with van der Waals surface area (Å²) in [6.07, 6.45) is 10.1. The van der Waals surface area contributed by atoms with E-state index < -0.39 is 11.6 Å². The number of allylic oxidation sites excluding steroid dienone is 2. The quantitative estimate of drug-likeness (QED) is 0.848. The second-order valence-electron chi connectivity index (χ2n) is 5.39. The van der Waals surface area contributed by atoms with Gasteiger partial charge in [-0.25, -0.2) is 9.97 Å². The van der Waals surface area contributed by atoms with Crippen molar-refractivity contribution in [1.29, 1.82) is 5.26 Å². The van der Waals surface area contributed by atoms with Crippen molar-refractivity contribution in [3.05, 3.63) is 42.5 Å². The molecule has 1 fully saturated rings. The maximum Gasteiger partial charge on any atom is 0.164 e. The van der Waals surface area contributed by atoms with Gasteiger partial charge in [-0.05, 0) is 18.9 Å². The maximum absolute atomic E-state index is 9.47. The van der Waals surface area contributed by atoms with Crippen LogP contribution in [-0.2, 0) is 9.47 Å². The summed E-state index contributed by atoms with van der Waals surface area (Å²) < 4.78 is 11.5. The van der Waals surface area contributed by atoms with Crippen LogP contribution in [0.2, 0.25) is 0 Å². The molecule has 0 aromatic carbocycles. The van der Waals surface area contributed by atoms with Gasteiger partial charge < -0.3 is 9.47 Å². The van der Waals surface area contributed by atoms with Gasteiger partial charge in [-0.2, -0.15) is 5.26 Å². The van der Waals surface area contributed by atoms with Gasteiger partial charge in [0.2, 0.25) is 0 Å². The van der Waals surface area contributed by atoms with Gasteiger partial charge in [-0.1, -0.05) is 18.2 Å². The molecule has 6 heteroatoms. The minimum absolute atomic E-state index is 0.0219. The van der Waals surface area contributed by atoms with Crippen LogP contribution in [0.4, 0.5) is 0 Å². The van der Waals surface area contributed by atoms with E-state index in [2.05, 4.69) is 16.0 Å². The number of ether oxygens (including phenoxy) is 2. The summed E-state index contributed by atoms with van der Waals surface area (Å²) >= 11 is 0. The molecule has 2 atom stereocenters. The van der Waals surface area contributed by atoms with E-state index in [1.54, 1.807) is 18.3 Å². The predicted octanol–water partition coefficient (Wildman–Crippen LogP) is 1.42. The summed E-state index contributed by atoms with van der Waals surface area (Å²) in [6.45, 7) is 1.31. The molecule has 22 heavy (non-hydrogen) atoms. The zero-order chi connectivity index (χ0) is 15.4. The molecule has 2 N–H and O–H groups in total. The van der Waals surface area contributed by atoms with Crippen molar-refractivity contribution < 1.29 is 9.47 Å². The van der Waals surface area contributed by atoms with Crippen LogP contribution < -0.4 is 5.73 Å². The molecule has 2 aliphatic rings. The highest BCUT2D eigenvalue weighted by Gasteiger charge is 2.43. The van der Waals surface area contributed by atoms with Gasteiger partial charge >= 0.3 is 0 Å². The normalized spacial score (nSPS) is 28.9. The first-order valence-electron chi connectivity index (χ1n) is 7.33. The van der Waals surface area contributed by atoms with E-state index in [9.17, 15) is 5.26 Å². The Balaban J connectivity index is 1.93. The van der Waals surface area contributed by atoms with Gasteiger partial charge in [-0.15, -0.1) is 0 Å². The Morgan fingerprint density at radius 1 is 1.41 bits per heavy atom. The summed E-state index contributed by atoms with van der Waals surface area (Å²) in [5, 5.41) is 9.47. The Hall–Kier alpha value is -2.07. The molecule has 1 aliphatic carbocycles. The lowest BCUT2D eigenvalue weighted by Crippen LogP contribution is -2.53. The average Bonchev–Trinajstić information content (AvgIpc) is 2.56. The SMILES string of the molecule is N#CC1C=CC=C(c2ccncn2)C1(N)OC1CCOCC1.